The van der Waals surface area contributed by atoms with E-state index in [1.807, 2.05) is 18.2 Å². The van der Waals surface area contributed by atoms with Crippen LogP contribution >= 0.6 is 0 Å². The molecule has 0 aliphatic carbocycles. The number of para-hydroxylation sites is 1. The van der Waals surface area contributed by atoms with Crippen LogP contribution in [0.15, 0.2) is 36.4 Å². The summed E-state index contributed by atoms with van der Waals surface area (Å²) in [4.78, 5) is 22.5. The number of hydrogen-bond acceptors (Lipinski definition) is 6. The van der Waals surface area contributed by atoms with Crippen molar-refractivity contribution in [3.63, 3.8) is 0 Å². The second kappa shape index (κ2) is 7.73. The lowest BCUT2D eigenvalue weighted by molar-refractivity contribution is -0.384. The molecule has 1 heterocycles. The van der Waals surface area contributed by atoms with Gasteiger partial charge in [-0.15, -0.1) is 0 Å². The Bertz CT molecular complexity index is 838. The number of nitrogens with zero attached hydrogens (tertiary/aromatic N) is 1. The summed E-state index contributed by atoms with van der Waals surface area (Å²) in [7, 11) is 1.48. The van der Waals surface area contributed by atoms with Crippen LogP contribution in [0.5, 0.6) is 11.5 Å². The monoisotopic (exact) mass is 357 g/mol. The highest BCUT2D eigenvalue weighted by atomic mass is 16.6. The molecule has 0 unspecified atom stereocenters. The fourth-order valence-corrected chi connectivity index (χ4v) is 2.70. The Balaban J connectivity index is 1.84. The van der Waals surface area contributed by atoms with Crippen LogP contribution < -0.4 is 20.1 Å². The highest BCUT2D eigenvalue weighted by Crippen LogP contribution is 2.34. The standard InChI is InChI=1S/C18H19N3O5/c1-19-18(22)12-6-7-14(15(10-12)21(23)24)20-11-13-4-2-5-16-17(13)26-9-3-8-25-16/h2,4-7,10,20H,3,8-9,11H2,1H3,(H,19,22). The van der Waals surface area contributed by atoms with Crippen LogP contribution in [0.2, 0.25) is 0 Å². The number of amides is 1. The van der Waals surface area contributed by atoms with Crippen molar-refractivity contribution in [1.82, 2.24) is 5.32 Å². The number of ether oxygens (including phenoxy) is 2. The zero-order chi connectivity index (χ0) is 18.5. The molecule has 0 saturated heterocycles. The molecule has 0 atom stereocenters. The smallest absolute Gasteiger partial charge is 0.293 e. The Morgan fingerprint density at radius 2 is 2.04 bits per heavy atom. The van der Waals surface area contributed by atoms with Crippen molar-refractivity contribution < 1.29 is 19.2 Å². The Morgan fingerprint density at radius 1 is 1.23 bits per heavy atom. The molecule has 2 aromatic carbocycles. The minimum absolute atomic E-state index is 0.162. The summed E-state index contributed by atoms with van der Waals surface area (Å²) < 4.78 is 11.4. The van der Waals surface area contributed by atoms with Crippen molar-refractivity contribution in [2.45, 2.75) is 13.0 Å². The Hall–Kier alpha value is -3.29. The van der Waals surface area contributed by atoms with E-state index in [0.717, 1.165) is 12.0 Å². The average Bonchev–Trinajstić information content (AvgIpc) is 2.91. The van der Waals surface area contributed by atoms with E-state index in [-0.39, 0.29) is 17.2 Å². The predicted molar refractivity (Wildman–Crippen MR) is 95.9 cm³/mol. The number of hydrogen-bond donors (Lipinski definition) is 2. The van der Waals surface area contributed by atoms with Gasteiger partial charge in [0.2, 0.25) is 0 Å². The summed E-state index contributed by atoms with van der Waals surface area (Å²) in [5.41, 5.74) is 1.24. The van der Waals surface area contributed by atoms with E-state index in [4.69, 9.17) is 9.47 Å². The van der Waals surface area contributed by atoms with Gasteiger partial charge in [0.05, 0.1) is 18.1 Å². The number of rotatable bonds is 5. The number of nitrogens with one attached hydrogen (secondary N) is 2. The predicted octanol–water partition coefficient (Wildman–Crippen LogP) is 2.73. The number of nitro benzene ring substituents is 1. The molecule has 1 aliphatic heterocycles. The molecule has 26 heavy (non-hydrogen) atoms. The van der Waals surface area contributed by atoms with Gasteiger partial charge >= 0.3 is 0 Å². The first-order valence-corrected chi connectivity index (χ1v) is 8.22. The summed E-state index contributed by atoms with van der Waals surface area (Å²) in [5.74, 6) is 0.951. The van der Waals surface area contributed by atoms with Gasteiger partial charge in [0.25, 0.3) is 11.6 Å². The molecule has 0 spiro atoms. The number of fused-ring (bicyclic) bond motifs is 1. The van der Waals surface area contributed by atoms with Gasteiger partial charge in [-0.2, -0.15) is 0 Å². The topological polar surface area (TPSA) is 103 Å². The molecule has 0 saturated carbocycles. The maximum Gasteiger partial charge on any atom is 0.293 e. The van der Waals surface area contributed by atoms with Crippen LogP contribution in [0.4, 0.5) is 11.4 Å². The number of carbonyl (C=O) groups excluding carboxylic acids is 1. The highest BCUT2D eigenvalue weighted by Gasteiger charge is 2.19. The highest BCUT2D eigenvalue weighted by molar-refractivity contribution is 5.95. The molecule has 8 heteroatoms. The molecule has 0 aromatic heterocycles. The lowest BCUT2D eigenvalue weighted by atomic mass is 10.1. The average molecular weight is 357 g/mol. The minimum atomic E-state index is -0.514. The lowest BCUT2D eigenvalue weighted by Crippen LogP contribution is -2.18. The minimum Gasteiger partial charge on any atom is -0.490 e. The largest absolute Gasteiger partial charge is 0.490 e. The van der Waals surface area contributed by atoms with E-state index in [2.05, 4.69) is 10.6 Å². The molecule has 2 N–H and O–H groups in total. The molecule has 0 fully saturated rings. The van der Waals surface area contributed by atoms with Crippen LogP contribution in [0.1, 0.15) is 22.3 Å². The summed E-state index contributed by atoms with van der Waals surface area (Å²) >= 11 is 0. The van der Waals surface area contributed by atoms with E-state index in [0.29, 0.717) is 36.9 Å². The van der Waals surface area contributed by atoms with Crippen LogP contribution in [-0.2, 0) is 6.54 Å². The first-order valence-electron chi connectivity index (χ1n) is 8.22. The van der Waals surface area contributed by atoms with E-state index >= 15 is 0 Å². The van der Waals surface area contributed by atoms with Crippen molar-refractivity contribution >= 4 is 17.3 Å². The van der Waals surface area contributed by atoms with Crippen LogP contribution in [0.3, 0.4) is 0 Å². The van der Waals surface area contributed by atoms with Crippen molar-refractivity contribution in [2.24, 2.45) is 0 Å². The lowest BCUT2D eigenvalue weighted by Gasteiger charge is -2.14. The van der Waals surface area contributed by atoms with E-state index in [9.17, 15) is 14.9 Å². The van der Waals surface area contributed by atoms with Crippen LogP contribution in [-0.4, -0.2) is 31.1 Å². The molecular formula is C18H19N3O5. The summed E-state index contributed by atoms with van der Waals surface area (Å²) in [6.07, 6.45) is 0.800. The second-order valence-electron chi connectivity index (χ2n) is 5.72. The molecule has 1 aliphatic rings. The van der Waals surface area contributed by atoms with Gasteiger partial charge in [0.15, 0.2) is 11.5 Å². The van der Waals surface area contributed by atoms with Gasteiger partial charge in [-0.05, 0) is 18.2 Å². The normalized spacial score (nSPS) is 12.8. The van der Waals surface area contributed by atoms with Crippen LogP contribution in [0, 0.1) is 10.1 Å². The number of nitro groups is 1. The molecule has 136 valence electrons. The summed E-state index contributed by atoms with van der Waals surface area (Å²) in [6, 6.07) is 9.90. The first-order chi connectivity index (χ1) is 12.6. The fraction of sp³-hybridized carbons (Fsp3) is 0.278. The van der Waals surface area contributed by atoms with Gasteiger partial charge < -0.3 is 20.1 Å². The van der Waals surface area contributed by atoms with Crippen molar-refractivity contribution in [3.05, 3.63) is 57.6 Å². The quantitative estimate of drug-likeness (QED) is 0.630. The number of carbonyl (C=O) groups is 1. The Labute approximate surface area is 150 Å². The molecule has 3 rings (SSSR count). The summed E-state index contributed by atoms with van der Waals surface area (Å²) in [5, 5.41) is 16.9. The third kappa shape index (κ3) is 3.69. The fourth-order valence-electron chi connectivity index (χ4n) is 2.70. The molecule has 8 nitrogen and oxygen atoms in total. The zero-order valence-corrected chi connectivity index (χ0v) is 14.3. The third-order valence-electron chi connectivity index (χ3n) is 4.01. The number of anilines is 1. The van der Waals surface area contributed by atoms with Gasteiger partial charge in [-0.1, -0.05) is 12.1 Å². The molecule has 2 aromatic rings. The Kier molecular flexibility index (Phi) is 5.21. The van der Waals surface area contributed by atoms with Crippen LogP contribution in [0.25, 0.3) is 0 Å². The molecule has 0 radical (unpaired) electrons. The maximum atomic E-state index is 11.7. The van der Waals surface area contributed by atoms with E-state index in [1.54, 1.807) is 6.07 Å². The van der Waals surface area contributed by atoms with Gasteiger partial charge in [-0.25, -0.2) is 0 Å². The molecule has 1 amide bonds. The van der Waals surface area contributed by atoms with Crippen molar-refractivity contribution in [1.29, 1.82) is 0 Å². The first kappa shape index (κ1) is 17.5. The van der Waals surface area contributed by atoms with Crippen molar-refractivity contribution in [2.75, 3.05) is 25.6 Å². The molecular weight excluding hydrogens is 338 g/mol. The third-order valence-corrected chi connectivity index (χ3v) is 4.01. The second-order valence-corrected chi connectivity index (χ2v) is 5.72. The van der Waals surface area contributed by atoms with Gasteiger partial charge in [-0.3, -0.25) is 14.9 Å². The van der Waals surface area contributed by atoms with E-state index < -0.39 is 4.92 Å². The Morgan fingerprint density at radius 3 is 2.81 bits per heavy atom. The van der Waals surface area contributed by atoms with E-state index in [1.165, 1.54) is 19.2 Å². The SMILES string of the molecule is CNC(=O)c1ccc(NCc2cccc3c2OCCCO3)c([N+](=O)[O-])c1. The van der Waals surface area contributed by atoms with Crippen molar-refractivity contribution in [3.8, 4) is 11.5 Å². The molecule has 0 bridgehead atoms. The maximum absolute atomic E-state index is 11.7. The number of benzene rings is 2. The van der Waals surface area contributed by atoms with Gasteiger partial charge in [0, 0.05) is 37.2 Å². The van der Waals surface area contributed by atoms with Gasteiger partial charge in [0.1, 0.15) is 5.69 Å². The zero-order valence-electron chi connectivity index (χ0n) is 14.3. The summed E-state index contributed by atoms with van der Waals surface area (Å²) in [6.45, 7) is 1.48.